The number of hydrogen-bond acceptors (Lipinski definition) is 9. The maximum Gasteiger partial charge on any atom is 0.355 e. The summed E-state index contributed by atoms with van der Waals surface area (Å²) < 4.78 is 5.93. The fourth-order valence-electron chi connectivity index (χ4n) is 4.18. The van der Waals surface area contributed by atoms with Gasteiger partial charge in [0.2, 0.25) is 5.91 Å². The molecule has 12 heteroatoms. The fraction of sp³-hybridized carbons (Fsp3) is 0.440. The van der Waals surface area contributed by atoms with E-state index in [1.807, 2.05) is 21.1 Å². The molecule has 1 unspecified atom stereocenters. The highest BCUT2D eigenvalue weighted by Crippen LogP contribution is 2.41. The van der Waals surface area contributed by atoms with Gasteiger partial charge in [-0.2, -0.15) is 0 Å². The molecule has 1 saturated heterocycles. The van der Waals surface area contributed by atoms with Crippen LogP contribution in [0.2, 0.25) is 0 Å². The Bertz CT molecular complexity index is 1130. The maximum atomic E-state index is 13.3. The van der Waals surface area contributed by atoms with Crippen LogP contribution >= 0.6 is 11.8 Å². The van der Waals surface area contributed by atoms with Crippen molar-refractivity contribution in [1.29, 1.82) is 0 Å². The number of nitrogens with zero attached hydrogens (tertiary/aromatic N) is 2. The van der Waals surface area contributed by atoms with E-state index in [9.17, 15) is 29.4 Å². The zero-order valence-corrected chi connectivity index (χ0v) is 22.0. The number of nitrogens with two attached hydrogens (primary N) is 1. The van der Waals surface area contributed by atoms with Crippen molar-refractivity contribution in [3.05, 3.63) is 53.3 Å². The molecule has 0 aromatic heterocycles. The minimum atomic E-state index is -1.35. The first kappa shape index (κ1) is 28.2. The molecule has 2 heterocycles. The number of esters is 1. The van der Waals surface area contributed by atoms with Crippen molar-refractivity contribution in [2.75, 3.05) is 33.4 Å². The van der Waals surface area contributed by atoms with E-state index >= 15 is 0 Å². The molecule has 0 bridgehead atoms. The van der Waals surface area contributed by atoms with Crippen LogP contribution in [0.15, 0.2) is 47.7 Å². The van der Waals surface area contributed by atoms with Gasteiger partial charge < -0.3 is 35.3 Å². The number of phenolic OH excluding ortho intramolecular Hbond substituents is 1. The summed E-state index contributed by atoms with van der Waals surface area (Å²) in [4.78, 5) is 51.7. The summed E-state index contributed by atoms with van der Waals surface area (Å²) in [7, 11) is 5.51. The van der Waals surface area contributed by atoms with E-state index in [1.54, 1.807) is 19.1 Å². The van der Waals surface area contributed by atoms with E-state index in [0.717, 1.165) is 0 Å². The van der Waals surface area contributed by atoms with Crippen molar-refractivity contribution in [2.45, 2.75) is 36.9 Å². The topological polar surface area (TPSA) is 162 Å². The Labute approximate surface area is 219 Å². The van der Waals surface area contributed by atoms with Crippen molar-refractivity contribution in [3.8, 4) is 5.75 Å². The van der Waals surface area contributed by atoms with Gasteiger partial charge in [-0.15, -0.1) is 11.8 Å². The van der Waals surface area contributed by atoms with Crippen LogP contribution in [0.1, 0.15) is 24.9 Å². The number of carbonyl (C=O) groups excluding carboxylic acids is 4. The minimum Gasteiger partial charge on any atom is -0.550 e. The van der Waals surface area contributed by atoms with Gasteiger partial charge >= 0.3 is 5.97 Å². The van der Waals surface area contributed by atoms with Gasteiger partial charge in [-0.05, 0) is 30.2 Å². The number of phenols is 1. The molecule has 1 aromatic rings. The number of quaternary nitrogens is 1. The number of ether oxygens (including phenoxy) is 1. The number of likely N-dealkylation sites (N-methyl/N-ethyl adjacent to an activating group) is 1. The third-order valence-electron chi connectivity index (χ3n) is 5.81. The summed E-state index contributed by atoms with van der Waals surface area (Å²) in [6, 6.07) is 3.89. The van der Waals surface area contributed by atoms with E-state index in [4.69, 9.17) is 10.5 Å². The number of carboxylic acid groups (broad SMARTS) is 1. The number of carboxylic acids is 1. The molecule has 0 saturated carbocycles. The lowest BCUT2D eigenvalue weighted by atomic mass is 10.0. The second-order valence-electron chi connectivity index (χ2n) is 9.92. The number of thioether (sulfide) groups is 1. The zero-order chi connectivity index (χ0) is 27.5. The van der Waals surface area contributed by atoms with Gasteiger partial charge in [-0.25, -0.2) is 4.79 Å². The second-order valence-corrected chi connectivity index (χ2v) is 11.0. The Balaban J connectivity index is 1.78. The normalized spacial score (nSPS) is 21.2. The minimum absolute atomic E-state index is 0.0324. The second kappa shape index (κ2) is 11.4. The van der Waals surface area contributed by atoms with E-state index in [-0.39, 0.29) is 18.0 Å². The molecule has 37 heavy (non-hydrogen) atoms. The van der Waals surface area contributed by atoms with Crippen molar-refractivity contribution in [1.82, 2.24) is 10.2 Å². The van der Waals surface area contributed by atoms with Gasteiger partial charge in [0.15, 0.2) is 6.10 Å². The zero-order valence-electron chi connectivity index (χ0n) is 21.2. The lowest BCUT2D eigenvalue weighted by Crippen LogP contribution is -2.71. The highest BCUT2D eigenvalue weighted by molar-refractivity contribution is 8.00. The number of aromatic hydroxyl groups is 1. The number of rotatable bonds is 10. The van der Waals surface area contributed by atoms with Crippen LogP contribution in [0.25, 0.3) is 0 Å². The van der Waals surface area contributed by atoms with Gasteiger partial charge in [-0.1, -0.05) is 24.3 Å². The number of fused-ring (bicyclic) bond motifs is 1. The SMILES string of the molecule is C/C=C/C1=C(C(=O)OC(CC(=O)[O-])C[N+](C)(C)C)N2C(=O)[C@@H](NC(=O)[C@H](N)c3ccc(O)cc3)[C@H]2SC1. The van der Waals surface area contributed by atoms with Crippen LogP contribution in [0.3, 0.4) is 0 Å². The highest BCUT2D eigenvalue weighted by Gasteiger charge is 2.54. The van der Waals surface area contributed by atoms with Crippen molar-refractivity contribution in [3.63, 3.8) is 0 Å². The predicted molar refractivity (Wildman–Crippen MR) is 134 cm³/mol. The van der Waals surface area contributed by atoms with Gasteiger partial charge in [0.1, 0.15) is 35.4 Å². The van der Waals surface area contributed by atoms with Crippen molar-refractivity contribution in [2.24, 2.45) is 5.73 Å². The van der Waals surface area contributed by atoms with Gasteiger partial charge in [0.25, 0.3) is 5.91 Å². The van der Waals surface area contributed by atoms with Crippen LogP contribution < -0.4 is 16.2 Å². The summed E-state index contributed by atoms with van der Waals surface area (Å²) in [6.07, 6.45) is 2.00. The van der Waals surface area contributed by atoms with Gasteiger partial charge in [-0.3, -0.25) is 14.5 Å². The number of hydrogen-bond donors (Lipinski definition) is 3. The Morgan fingerprint density at radius 3 is 2.51 bits per heavy atom. The summed E-state index contributed by atoms with van der Waals surface area (Å²) in [5, 5.41) is 22.8. The van der Waals surface area contributed by atoms with Gasteiger partial charge in [0, 0.05) is 18.1 Å². The number of β-lactam (4-membered cyclic amide) rings is 1. The number of nitrogens with one attached hydrogen (secondary N) is 1. The lowest BCUT2D eigenvalue weighted by Gasteiger charge is -2.49. The molecule has 11 nitrogen and oxygen atoms in total. The third kappa shape index (κ3) is 6.70. The number of benzene rings is 1. The van der Waals surface area contributed by atoms with E-state index < -0.39 is 53.7 Å². The number of amides is 2. The van der Waals surface area contributed by atoms with Crippen LogP contribution in [-0.2, 0) is 23.9 Å². The molecule has 3 rings (SSSR count). The molecule has 4 atom stereocenters. The summed E-state index contributed by atoms with van der Waals surface area (Å²) >= 11 is 1.38. The predicted octanol–water partition coefficient (Wildman–Crippen LogP) is -0.620. The molecule has 2 aliphatic rings. The summed E-state index contributed by atoms with van der Waals surface area (Å²) in [5.74, 6) is -2.82. The molecule has 4 N–H and O–H groups in total. The molecule has 1 fully saturated rings. The molecule has 0 radical (unpaired) electrons. The summed E-state index contributed by atoms with van der Waals surface area (Å²) in [5.41, 5.74) is 7.10. The van der Waals surface area contributed by atoms with Crippen molar-refractivity contribution < 1.29 is 38.6 Å². The first-order valence-corrected chi connectivity index (χ1v) is 12.7. The Kier molecular flexibility index (Phi) is 8.67. The number of carbonyl (C=O) groups is 4. The standard InChI is InChI=1S/C25H32N4O7S/c1-5-6-15-13-37-24-20(27-22(33)19(26)14-7-9-16(30)10-8-14)23(34)28(24)21(15)25(35)36-17(11-18(31)32)12-29(2,3)4/h5-10,17,19-20,24H,11-13,26H2,1-4H3,(H2-,27,30,31,32,33)/b6-5+/t17?,19-,20-,24-/m1/s1. The molecule has 0 spiro atoms. The van der Waals surface area contributed by atoms with Gasteiger partial charge in [0.05, 0.1) is 21.1 Å². The third-order valence-corrected chi connectivity index (χ3v) is 7.11. The monoisotopic (exact) mass is 532 g/mol. The first-order chi connectivity index (χ1) is 17.3. The Morgan fingerprint density at radius 2 is 1.95 bits per heavy atom. The van der Waals surface area contributed by atoms with E-state index in [2.05, 4.69) is 5.32 Å². The molecule has 2 aliphatic heterocycles. The van der Waals surface area contributed by atoms with E-state index in [1.165, 1.54) is 40.9 Å². The molecular weight excluding hydrogens is 500 g/mol. The largest absolute Gasteiger partial charge is 0.550 e. The number of aliphatic carboxylic acids is 1. The maximum absolute atomic E-state index is 13.3. The van der Waals surface area contributed by atoms with Crippen LogP contribution in [0.4, 0.5) is 0 Å². The molecular formula is C25H32N4O7S. The van der Waals surface area contributed by atoms with Crippen molar-refractivity contribution >= 4 is 35.5 Å². The smallest absolute Gasteiger partial charge is 0.355 e. The van der Waals surface area contributed by atoms with Crippen LogP contribution in [0, 0.1) is 0 Å². The van der Waals surface area contributed by atoms with E-state index in [0.29, 0.717) is 21.4 Å². The highest BCUT2D eigenvalue weighted by atomic mass is 32.2. The fourth-order valence-corrected chi connectivity index (χ4v) is 5.50. The Hall–Kier alpha value is -3.35. The summed E-state index contributed by atoms with van der Waals surface area (Å²) in [6.45, 7) is 2.00. The van der Waals surface area contributed by atoms with Crippen LogP contribution in [-0.4, -0.2) is 89.2 Å². The van der Waals surface area contributed by atoms with Crippen LogP contribution in [0.5, 0.6) is 5.75 Å². The quantitative estimate of drug-likeness (QED) is 0.203. The molecule has 2 amide bonds. The first-order valence-electron chi connectivity index (χ1n) is 11.7. The number of allylic oxidation sites excluding steroid dienone is 2. The molecule has 1 aromatic carbocycles. The Morgan fingerprint density at radius 1 is 1.30 bits per heavy atom. The average Bonchev–Trinajstić information content (AvgIpc) is 2.80. The molecule has 0 aliphatic carbocycles. The average molecular weight is 533 g/mol. The lowest BCUT2D eigenvalue weighted by molar-refractivity contribution is -0.873. The molecule has 200 valence electrons.